The van der Waals surface area contributed by atoms with E-state index in [0.29, 0.717) is 6.61 Å². The fourth-order valence-corrected chi connectivity index (χ4v) is 3.16. The highest BCUT2D eigenvalue weighted by Gasteiger charge is 2.36. The Morgan fingerprint density at radius 1 is 1.39 bits per heavy atom. The van der Waals surface area contributed by atoms with Gasteiger partial charge in [0.2, 0.25) is 0 Å². The Balaban J connectivity index is 0.00000162. The predicted molar refractivity (Wildman–Crippen MR) is 74.0 cm³/mol. The monoisotopic (exact) mass is 276 g/mol. The smallest absolute Gasteiger partial charge is 0.323 e. The van der Waals surface area contributed by atoms with Crippen molar-refractivity contribution < 1.29 is 9.53 Å². The number of carbonyl (C=O) groups is 1. The normalized spacial score (nSPS) is 29.2. The largest absolute Gasteiger partial charge is 0.465 e. The molecule has 2 saturated heterocycles. The molecule has 2 rings (SSSR count). The summed E-state index contributed by atoms with van der Waals surface area (Å²) in [6.45, 7) is 8.79. The van der Waals surface area contributed by atoms with Gasteiger partial charge in [0, 0.05) is 6.54 Å². The summed E-state index contributed by atoms with van der Waals surface area (Å²) < 4.78 is 5.16. The number of ether oxygens (including phenoxy) is 1. The van der Waals surface area contributed by atoms with Crippen LogP contribution in [0.4, 0.5) is 0 Å². The van der Waals surface area contributed by atoms with Crippen molar-refractivity contribution in [1.82, 2.24) is 10.2 Å². The number of rotatable bonds is 4. The van der Waals surface area contributed by atoms with Crippen LogP contribution in [0.5, 0.6) is 0 Å². The molecule has 0 aliphatic carbocycles. The first kappa shape index (κ1) is 15.7. The molecule has 106 valence electrons. The lowest BCUT2D eigenvalue weighted by molar-refractivity contribution is -0.150. The average Bonchev–Trinajstić information content (AvgIpc) is 2.77. The second kappa shape index (κ2) is 7.31. The lowest BCUT2D eigenvalue weighted by Crippen LogP contribution is -2.49. The molecule has 2 aliphatic heterocycles. The fourth-order valence-electron chi connectivity index (χ4n) is 3.16. The zero-order valence-corrected chi connectivity index (χ0v) is 12.2. The van der Waals surface area contributed by atoms with Crippen molar-refractivity contribution in [3.05, 3.63) is 0 Å². The molecule has 18 heavy (non-hydrogen) atoms. The highest BCUT2D eigenvalue weighted by molar-refractivity contribution is 5.85. The lowest BCUT2D eigenvalue weighted by Gasteiger charge is -2.38. The number of piperidine rings is 1. The Hall–Kier alpha value is -0.320. The zero-order chi connectivity index (χ0) is 12.3. The topological polar surface area (TPSA) is 41.6 Å². The number of hydrogen-bond acceptors (Lipinski definition) is 4. The number of hydrogen-bond donors (Lipinski definition) is 1. The molecule has 0 spiro atoms. The third-order valence-electron chi connectivity index (χ3n) is 4.12. The number of nitrogens with one attached hydrogen (secondary N) is 1. The summed E-state index contributed by atoms with van der Waals surface area (Å²) >= 11 is 0. The van der Waals surface area contributed by atoms with E-state index in [-0.39, 0.29) is 24.4 Å². The SMILES string of the molecule is CCOC(=O)C(CC)N1CCC2CNCC2C1.Cl. The Morgan fingerprint density at radius 3 is 2.78 bits per heavy atom. The summed E-state index contributed by atoms with van der Waals surface area (Å²) in [5.41, 5.74) is 0. The van der Waals surface area contributed by atoms with E-state index in [2.05, 4.69) is 17.1 Å². The van der Waals surface area contributed by atoms with Crippen molar-refractivity contribution in [3.8, 4) is 0 Å². The van der Waals surface area contributed by atoms with Gasteiger partial charge in [0.15, 0.2) is 0 Å². The summed E-state index contributed by atoms with van der Waals surface area (Å²) in [4.78, 5) is 14.2. The molecule has 3 unspecified atom stereocenters. The van der Waals surface area contributed by atoms with Gasteiger partial charge in [-0.3, -0.25) is 9.69 Å². The number of fused-ring (bicyclic) bond motifs is 1. The minimum atomic E-state index is -0.0422. The maximum Gasteiger partial charge on any atom is 0.323 e. The first-order valence-corrected chi connectivity index (χ1v) is 6.87. The van der Waals surface area contributed by atoms with E-state index in [1.165, 1.54) is 6.42 Å². The second-order valence-corrected chi connectivity index (χ2v) is 5.14. The lowest BCUT2D eigenvalue weighted by atomic mass is 9.88. The van der Waals surface area contributed by atoms with Crippen LogP contribution in [0.2, 0.25) is 0 Å². The summed E-state index contributed by atoms with van der Waals surface area (Å²) in [6.07, 6.45) is 2.07. The van der Waals surface area contributed by atoms with Crippen LogP contribution in [-0.4, -0.2) is 49.7 Å². The van der Waals surface area contributed by atoms with Crippen LogP contribution >= 0.6 is 12.4 Å². The summed E-state index contributed by atoms with van der Waals surface area (Å²) in [5.74, 6) is 1.51. The maximum atomic E-state index is 11.9. The molecule has 0 radical (unpaired) electrons. The molecule has 2 heterocycles. The van der Waals surface area contributed by atoms with E-state index >= 15 is 0 Å². The summed E-state index contributed by atoms with van der Waals surface area (Å²) in [7, 11) is 0. The van der Waals surface area contributed by atoms with Crippen molar-refractivity contribution in [3.63, 3.8) is 0 Å². The van der Waals surface area contributed by atoms with E-state index in [1.807, 2.05) is 6.92 Å². The van der Waals surface area contributed by atoms with Gasteiger partial charge in [-0.25, -0.2) is 0 Å². The molecule has 0 aromatic heterocycles. The van der Waals surface area contributed by atoms with Gasteiger partial charge >= 0.3 is 5.97 Å². The van der Waals surface area contributed by atoms with Crippen LogP contribution in [0.3, 0.4) is 0 Å². The molecule has 0 aromatic rings. The molecular formula is C13H25ClN2O2. The highest BCUT2D eigenvalue weighted by atomic mass is 35.5. The standard InChI is InChI=1S/C13H24N2O2.ClH/c1-3-12(13(16)17-4-2)15-6-5-10-7-14-8-11(10)9-15;/h10-12,14H,3-9H2,1-2H3;1H. The quantitative estimate of drug-likeness (QED) is 0.786. The molecule has 0 aromatic carbocycles. The molecule has 0 saturated carbocycles. The van der Waals surface area contributed by atoms with E-state index in [0.717, 1.165) is 44.4 Å². The Labute approximate surface area is 116 Å². The van der Waals surface area contributed by atoms with Gasteiger partial charge in [-0.2, -0.15) is 0 Å². The molecule has 5 heteroatoms. The highest BCUT2D eigenvalue weighted by Crippen LogP contribution is 2.28. The van der Waals surface area contributed by atoms with Crippen molar-refractivity contribution in [1.29, 1.82) is 0 Å². The van der Waals surface area contributed by atoms with Gasteiger partial charge in [-0.15, -0.1) is 12.4 Å². The number of halogens is 1. The average molecular weight is 277 g/mol. The minimum Gasteiger partial charge on any atom is -0.465 e. The summed E-state index contributed by atoms with van der Waals surface area (Å²) in [5, 5.41) is 3.45. The number of likely N-dealkylation sites (tertiary alicyclic amines) is 1. The van der Waals surface area contributed by atoms with Gasteiger partial charge < -0.3 is 10.1 Å². The molecule has 0 amide bonds. The summed E-state index contributed by atoms with van der Waals surface area (Å²) in [6, 6.07) is -0.0310. The number of nitrogens with zero attached hydrogens (tertiary/aromatic N) is 1. The molecule has 0 bridgehead atoms. The van der Waals surface area contributed by atoms with Gasteiger partial charge in [0.25, 0.3) is 0 Å². The third kappa shape index (κ3) is 3.37. The zero-order valence-electron chi connectivity index (χ0n) is 11.4. The van der Waals surface area contributed by atoms with E-state index in [4.69, 9.17) is 4.74 Å². The van der Waals surface area contributed by atoms with Crippen LogP contribution in [0.25, 0.3) is 0 Å². The molecule has 2 aliphatic rings. The number of carbonyl (C=O) groups excluding carboxylic acids is 1. The first-order valence-electron chi connectivity index (χ1n) is 6.87. The molecule has 1 N–H and O–H groups in total. The van der Waals surface area contributed by atoms with E-state index in [1.54, 1.807) is 0 Å². The van der Waals surface area contributed by atoms with Crippen LogP contribution in [0, 0.1) is 11.8 Å². The molecule has 2 fully saturated rings. The van der Waals surface area contributed by atoms with E-state index < -0.39 is 0 Å². The maximum absolute atomic E-state index is 11.9. The minimum absolute atomic E-state index is 0. The van der Waals surface area contributed by atoms with Gasteiger partial charge in [-0.05, 0) is 51.2 Å². The fraction of sp³-hybridized carbons (Fsp3) is 0.923. The van der Waals surface area contributed by atoms with Crippen molar-refractivity contribution in [2.24, 2.45) is 11.8 Å². The molecule has 3 atom stereocenters. The predicted octanol–water partition coefficient (Wildman–Crippen LogP) is 1.29. The Kier molecular flexibility index (Phi) is 6.39. The van der Waals surface area contributed by atoms with Crippen LogP contribution in [-0.2, 0) is 9.53 Å². The van der Waals surface area contributed by atoms with Gasteiger partial charge in [-0.1, -0.05) is 6.92 Å². The molecular weight excluding hydrogens is 252 g/mol. The Morgan fingerprint density at radius 2 is 2.11 bits per heavy atom. The van der Waals surface area contributed by atoms with Crippen LogP contribution in [0.1, 0.15) is 26.7 Å². The molecule has 4 nitrogen and oxygen atoms in total. The van der Waals surface area contributed by atoms with Gasteiger partial charge in [0.05, 0.1) is 6.61 Å². The van der Waals surface area contributed by atoms with Crippen molar-refractivity contribution in [2.45, 2.75) is 32.7 Å². The van der Waals surface area contributed by atoms with E-state index in [9.17, 15) is 4.79 Å². The van der Waals surface area contributed by atoms with Crippen LogP contribution < -0.4 is 5.32 Å². The van der Waals surface area contributed by atoms with Gasteiger partial charge in [0.1, 0.15) is 6.04 Å². The van der Waals surface area contributed by atoms with Crippen molar-refractivity contribution in [2.75, 3.05) is 32.8 Å². The Bertz CT molecular complexity index is 276. The second-order valence-electron chi connectivity index (χ2n) is 5.14. The first-order chi connectivity index (χ1) is 8.26. The van der Waals surface area contributed by atoms with Crippen molar-refractivity contribution >= 4 is 18.4 Å². The third-order valence-corrected chi connectivity index (χ3v) is 4.12. The number of esters is 1. The van der Waals surface area contributed by atoms with Crippen LogP contribution in [0.15, 0.2) is 0 Å².